The highest BCUT2D eigenvalue weighted by Crippen LogP contribution is 2.33. The van der Waals surface area contributed by atoms with Gasteiger partial charge in [-0.15, -0.1) is 0 Å². The Morgan fingerprint density at radius 2 is 2.23 bits per heavy atom. The van der Waals surface area contributed by atoms with Gasteiger partial charge >= 0.3 is 0 Å². The Balaban J connectivity index is 2.41. The molecule has 0 radical (unpaired) electrons. The van der Waals surface area contributed by atoms with Gasteiger partial charge in [-0.1, -0.05) is 20.8 Å². The molecular formula is C11H24N2. The molecule has 0 aliphatic heterocycles. The fourth-order valence-electron chi connectivity index (χ4n) is 2.23. The van der Waals surface area contributed by atoms with Crippen molar-refractivity contribution in [1.82, 2.24) is 5.32 Å². The molecule has 1 rings (SSSR count). The van der Waals surface area contributed by atoms with Crippen molar-refractivity contribution in [2.24, 2.45) is 17.6 Å². The molecule has 0 bridgehead atoms. The Labute approximate surface area is 82.3 Å². The molecule has 0 aromatic carbocycles. The van der Waals surface area contributed by atoms with E-state index in [2.05, 4.69) is 26.1 Å². The van der Waals surface area contributed by atoms with Crippen LogP contribution >= 0.6 is 0 Å². The maximum atomic E-state index is 5.85. The van der Waals surface area contributed by atoms with Crippen molar-refractivity contribution in [2.45, 2.75) is 45.6 Å². The van der Waals surface area contributed by atoms with Crippen LogP contribution in [0.5, 0.6) is 0 Å². The van der Waals surface area contributed by atoms with Crippen LogP contribution in [0, 0.1) is 11.8 Å². The number of rotatable bonds is 4. The predicted molar refractivity (Wildman–Crippen MR) is 57.6 cm³/mol. The van der Waals surface area contributed by atoms with E-state index in [1.807, 2.05) is 0 Å². The smallest absolute Gasteiger partial charge is 0.0306 e. The lowest BCUT2D eigenvalue weighted by molar-refractivity contribution is 0.314. The van der Waals surface area contributed by atoms with E-state index >= 15 is 0 Å². The van der Waals surface area contributed by atoms with Crippen molar-refractivity contribution >= 4 is 0 Å². The van der Waals surface area contributed by atoms with Gasteiger partial charge in [-0.25, -0.2) is 0 Å². The van der Waals surface area contributed by atoms with Gasteiger partial charge in [-0.3, -0.25) is 0 Å². The highest BCUT2D eigenvalue weighted by atomic mass is 15.0. The van der Waals surface area contributed by atoms with Crippen LogP contribution in [0.25, 0.3) is 0 Å². The third-order valence-corrected chi connectivity index (χ3v) is 3.13. The minimum Gasteiger partial charge on any atom is -0.329 e. The molecule has 2 nitrogen and oxygen atoms in total. The van der Waals surface area contributed by atoms with E-state index in [-0.39, 0.29) is 5.54 Å². The Kier molecular flexibility index (Phi) is 3.74. The monoisotopic (exact) mass is 184 g/mol. The van der Waals surface area contributed by atoms with Gasteiger partial charge in [0.2, 0.25) is 0 Å². The summed E-state index contributed by atoms with van der Waals surface area (Å²) in [5, 5.41) is 3.65. The molecule has 2 heteroatoms. The normalized spacial score (nSPS) is 34.4. The molecule has 0 aromatic heterocycles. The second-order valence-electron chi connectivity index (χ2n) is 5.11. The molecule has 2 atom stereocenters. The van der Waals surface area contributed by atoms with Crippen LogP contribution in [-0.4, -0.2) is 18.6 Å². The molecule has 1 fully saturated rings. The highest BCUT2D eigenvalue weighted by Gasteiger charge is 2.35. The lowest BCUT2D eigenvalue weighted by atomic mass is 9.95. The molecule has 2 unspecified atom stereocenters. The Bertz CT molecular complexity index is 156. The van der Waals surface area contributed by atoms with Crippen LogP contribution in [-0.2, 0) is 0 Å². The first kappa shape index (κ1) is 11.0. The molecule has 0 spiro atoms. The molecule has 1 aliphatic carbocycles. The van der Waals surface area contributed by atoms with Crippen LogP contribution < -0.4 is 11.1 Å². The van der Waals surface area contributed by atoms with E-state index in [0.717, 1.165) is 24.9 Å². The Morgan fingerprint density at radius 1 is 1.54 bits per heavy atom. The van der Waals surface area contributed by atoms with Crippen molar-refractivity contribution in [1.29, 1.82) is 0 Å². The van der Waals surface area contributed by atoms with Gasteiger partial charge in [0.25, 0.3) is 0 Å². The van der Waals surface area contributed by atoms with Crippen LogP contribution in [0.15, 0.2) is 0 Å². The third kappa shape index (κ3) is 2.96. The second kappa shape index (κ2) is 4.43. The summed E-state index contributed by atoms with van der Waals surface area (Å²) in [6.07, 6.45) is 3.86. The van der Waals surface area contributed by atoms with Crippen LogP contribution in [0.2, 0.25) is 0 Å². The molecule has 13 heavy (non-hydrogen) atoms. The van der Waals surface area contributed by atoms with Crippen molar-refractivity contribution in [3.8, 4) is 0 Å². The quantitative estimate of drug-likeness (QED) is 0.698. The average molecular weight is 184 g/mol. The van der Waals surface area contributed by atoms with E-state index in [4.69, 9.17) is 5.73 Å². The molecule has 0 heterocycles. The predicted octanol–water partition coefficient (Wildman–Crippen LogP) is 1.75. The van der Waals surface area contributed by atoms with Crippen molar-refractivity contribution in [2.75, 3.05) is 13.1 Å². The van der Waals surface area contributed by atoms with E-state index in [1.165, 1.54) is 19.3 Å². The minimum absolute atomic E-state index is 0.268. The summed E-state index contributed by atoms with van der Waals surface area (Å²) in [4.78, 5) is 0. The van der Waals surface area contributed by atoms with E-state index < -0.39 is 0 Å². The highest BCUT2D eigenvalue weighted by molar-refractivity contribution is 4.96. The summed E-state index contributed by atoms with van der Waals surface area (Å²) in [6.45, 7) is 8.72. The largest absolute Gasteiger partial charge is 0.329 e. The zero-order valence-corrected chi connectivity index (χ0v) is 9.27. The van der Waals surface area contributed by atoms with Gasteiger partial charge in [0.1, 0.15) is 0 Å². The fourth-order valence-corrected chi connectivity index (χ4v) is 2.23. The fraction of sp³-hybridized carbons (Fsp3) is 1.00. The Morgan fingerprint density at radius 3 is 2.62 bits per heavy atom. The molecule has 78 valence electrons. The van der Waals surface area contributed by atoms with E-state index in [1.54, 1.807) is 0 Å². The summed E-state index contributed by atoms with van der Waals surface area (Å²) in [6, 6.07) is 0. The van der Waals surface area contributed by atoms with Crippen molar-refractivity contribution in [3.05, 3.63) is 0 Å². The first-order valence-electron chi connectivity index (χ1n) is 5.53. The van der Waals surface area contributed by atoms with Gasteiger partial charge in [0.05, 0.1) is 0 Å². The van der Waals surface area contributed by atoms with Gasteiger partial charge in [0.15, 0.2) is 0 Å². The third-order valence-electron chi connectivity index (χ3n) is 3.13. The lowest BCUT2D eigenvalue weighted by Gasteiger charge is -2.30. The Hall–Kier alpha value is -0.0800. The van der Waals surface area contributed by atoms with Crippen molar-refractivity contribution < 1.29 is 0 Å². The maximum Gasteiger partial charge on any atom is 0.0306 e. The van der Waals surface area contributed by atoms with Crippen LogP contribution in [0.4, 0.5) is 0 Å². The molecule has 0 aromatic rings. The van der Waals surface area contributed by atoms with E-state index in [9.17, 15) is 0 Å². The average Bonchev–Trinajstić information content (AvgIpc) is 2.45. The lowest BCUT2D eigenvalue weighted by Crippen LogP contribution is -2.50. The molecular weight excluding hydrogens is 160 g/mol. The number of hydrogen-bond acceptors (Lipinski definition) is 2. The zero-order chi connectivity index (χ0) is 9.90. The zero-order valence-electron chi connectivity index (χ0n) is 9.27. The minimum atomic E-state index is 0.268. The van der Waals surface area contributed by atoms with E-state index in [0.29, 0.717) is 0 Å². The van der Waals surface area contributed by atoms with Gasteiger partial charge in [-0.05, 0) is 37.6 Å². The number of nitrogens with one attached hydrogen (secondary N) is 1. The second-order valence-corrected chi connectivity index (χ2v) is 5.11. The molecule has 1 aliphatic rings. The summed E-state index contributed by atoms with van der Waals surface area (Å²) >= 11 is 0. The molecule has 1 saturated carbocycles. The SMILES string of the molecule is CC(C)CNC1(CN)CCC(C)C1. The molecule has 3 N–H and O–H groups in total. The van der Waals surface area contributed by atoms with Crippen LogP contribution in [0.1, 0.15) is 40.0 Å². The number of hydrogen-bond donors (Lipinski definition) is 2. The van der Waals surface area contributed by atoms with Gasteiger partial charge in [0, 0.05) is 12.1 Å². The summed E-state index contributed by atoms with van der Waals surface area (Å²) in [5.74, 6) is 1.57. The standard InChI is InChI=1S/C11H24N2/c1-9(2)7-13-11(8-12)5-4-10(3)6-11/h9-10,13H,4-8,12H2,1-3H3. The summed E-state index contributed by atoms with van der Waals surface area (Å²) in [5.41, 5.74) is 6.12. The summed E-state index contributed by atoms with van der Waals surface area (Å²) < 4.78 is 0. The summed E-state index contributed by atoms with van der Waals surface area (Å²) in [7, 11) is 0. The van der Waals surface area contributed by atoms with Gasteiger partial charge in [-0.2, -0.15) is 0 Å². The number of nitrogens with two attached hydrogens (primary N) is 1. The topological polar surface area (TPSA) is 38.0 Å². The van der Waals surface area contributed by atoms with Gasteiger partial charge < -0.3 is 11.1 Å². The molecule has 0 saturated heterocycles. The van der Waals surface area contributed by atoms with Crippen molar-refractivity contribution in [3.63, 3.8) is 0 Å². The first-order chi connectivity index (χ1) is 6.08. The molecule has 0 amide bonds. The van der Waals surface area contributed by atoms with Crippen LogP contribution in [0.3, 0.4) is 0 Å². The first-order valence-corrected chi connectivity index (χ1v) is 5.53. The maximum absolute atomic E-state index is 5.85.